The predicted molar refractivity (Wildman–Crippen MR) is 241 cm³/mol. The first-order valence-electron chi connectivity index (χ1n) is 19.2. The van der Waals surface area contributed by atoms with Gasteiger partial charge in [0.05, 0.1) is 11.0 Å². The van der Waals surface area contributed by atoms with Gasteiger partial charge in [-0.1, -0.05) is 152 Å². The molecule has 0 fully saturated rings. The zero-order valence-corrected chi connectivity index (χ0v) is 31.4. The van der Waals surface area contributed by atoms with Crippen LogP contribution in [0.4, 0.5) is 0 Å². The molecule has 1 nitrogen and oxygen atoms in total. The average Bonchev–Trinajstić information content (AvgIpc) is 3.82. The Morgan fingerprint density at radius 2 is 0.821 bits per heavy atom. The van der Waals surface area contributed by atoms with Gasteiger partial charge in [-0.2, -0.15) is 0 Å². The van der Waals surface area contributed by atoms with Gasteiger partial charge in [-0.25, -0.2) is 0 Å². The molecule has 262 valence electrons. The second kappa shape index (κ2) is 13.4. The minimum Gasteiger partial charge on any atom is -0.309 e. The first-order valence-corrected chi connectivity index (χ1v) is 20.0. The standard InChI is InChI=1S/C54H35NS/c1-4-14-36(15-5-1)38-18-12-19-39(30-38)42-31-43(33-44(32-42)46-23-13-24-49-48-22-10-11-25-53(48)56-54(46)49)41-26-28-47-50-34-40(37-16-6-2-7-17-37)27-29-51(50)55(52(47)35-41)45-20-8-3-9-21-45/h1-35H. The Kier molecular flexibility index (Phi) is 7.75. The summed E-state index contributed by atoms with van der Waals surface area (Å²) in [5.74, 6) is 0. The summed E-state index contributed by atoms with van der Waals surface area (Å²) >= 11 is 1.89. The Hall–Kier alpha value is -7.00. The van der Waals surface area contributed by atoms with E-state index in [1.165, 1.54) is 97.6 Å². The van der Waals surface area contributed by atoms with Crippen LogP contribution in [0.2, 0.25) is 0 Å². The molecule has 0 bridgehead atoms. The Bertz CT molecular complexity index is 3230. The van der Waals surface area contributed by atoms with E-state index in [0.29, 0.717) is 0 Å². The van der Waals surface area contributed by atoms with Gasteiger partial charge in [-0.15, -0.1) is 11.3 Å². The van der Waals surface area contributed by atoms with Crippen molar-refractivity contribution >= 4 is 53.3 Å². The Balaban J connectivity index is 1.15. The topological polar surface area (TPSA) is 4.93 Å². The summed E-state index contributed by atoms with van der Waals surface area (Å²) in [5, 5.41) is 5.12. The largest absolute Gasteiger partial charge is 0.309 e. The summed E-state index contributed by atoms with van der Waals surface area (Å²) in [6.45, 7) is 0. The van der Waals surface area contributed by atoms with E-state index in [-0.39, 0.29) is 0 Å². The van der Waals surface area contributed by atoms with E-state index < -0.39 is 0 Å². The fourth-order valence-corrected chi connectivity index (χ4v) is 9.70. The first-order chi connectivity index (χ1) is 27.7. The molecule has 2 heteroatoms. The SMILES string of the molecule is c1ccc(-c2cccc(-c3cc(-c4ccc5c6cc(-c7ccccc7)ccc6n(-c6ccccc6)c5c4)cc(-c4cccc5c4sc4ccccc45)c3)c2)cc1. The fraction of sp³-hybridized carbons (Fsp3) is 0. The van der Waals surface area contributed by atoms with Crippen LogP contribution >= 0.6 is 11.3 Å². The summed E-state index contributed by atoms with van der Waals surface area (Å²) in [6, 6.07) is 77.7. The third-order valence-corrected chi connectivity index (χ3v) is 12.4. The molecular weight excluding hydrogens is 695 g/mol. The van der Waals surface area contributed by atoms with Crippen LogP contribution in [0.3, 0.4) is 0 Å². The van der Waals surface area contributed by atoms with Crippen molar-refractivity contribution in [2.45, 2.75) is 0 Å². The van der Waals surface area contributed by atoms with Crippen LogP contribution < -0.4 is 0 Å². The molecule has 0 N–H and O–H groups in total. The fourth-order valence-electron chi connectivity index (χ4n) is 8.47. The Morgan fingerprint density at radius 3 is 1.57 bits per heavy atom. The molecular formula is C54H35NS. The van der Waals surface area contributed by atoms with E-state index in [0.717, 1.165) is 5.69 Å². The van der Waals surface area contributed by atoms with Crippen LogP contribution in [0.25, 0.3) is 103 Å². The molecule has 0 radical (unpaired) electrons. The van der Waals surface area contributed by atoms with Crippen molar-refractivity contribution in [3.63, 3.8) is 0 Å². The van der Waals surface area contributed by atoms with Gasteiger partial charge in [-0.05, 0) is 116 Å². The van der Waals surface area contributed by atoms with Crippen LogP contribution in [0.15, 0.2) is 212 Å². The summed E-state index contributed by atoms with van der Waals surface area (Å²) in [5.41, 5.74) is 15.7. The van der Waals surface area contributed by atoms with Gasteiger partial charge < -0.3 is 4.57 Å². The highest BCUT2D eigenvalue weighted by atomic mass is 32.1. The van der Waals surface area contributed by atoms with E-state index in [1.807, 2.05) is 11.3 Å². The highest BCUT2D eigenvalue weighted by Gasteiger charge is 2.17. The van der Waals surface area contributed by atoms with E-state index in [2.05, 4.69) is 217 Å². The van der Waals surface area contributed by atoms with Crippen LogP contribution in [-0.2, 0) is 0 Å². The third-order valence-electron chi connectivity index (χ3n) is 11.2. The van der Waals surface area contributed by atoms with Crippen molar-refractivity contribution in [2.24, 2.45) is 0 Å². The Morgan fingerprint density at radius 1 is 0.286 bits per heavy atom. The lowest BCUT2D eigenvalue weighted by molar-refractivity contribution is 1.18. The molecule has 0 amide bonds. The first kappa shape index (κ1) is 32.4. The maximum Gasteiger partial charge on any atom is 0.0547 e. The van der Waals surface area contributed by atoms with E-state index in [1.54, 1.807) is 0 Å². The number of nitrogens with zero attached hydrogens (tertiary/aromatic N) is 1. The lowest BCUT2D eigenvalue weighted by atomic mass is 9.91. The maximum absolute atomic E-state index is 2.43. The lowest BCUT2D eigenvalue weighted by Gasteiger charge is -2.14. The van der Waals surface area contributed by atoms with Gasteiger partial charge in [0.15, 0.2) is 0 Å². The Labute approximate surface area is 330 Å². The molecule has 11 aromatic rings. The van der Waals surface area contributed by atoms with Crippen molar-refractivity contribution in [2.75, 3.05) is 0 Å². The number of aromatic nitrogens is 1. The molecule has 0 atom stereocenters. The second-order valence-corrected chi connectivity index (χ2v) is 15.6. The van der Waals surface area contributed by atoms with E-state index in [9.17, 15) is 0 Å². The van der Waals surface area contributed by atoms with Gasteiger partial charge >= 0.3 is 0 Å². The summed E-state index contributed by atoms with van der Waals surface area (Å²) in [6.07, 6.45) is 0. The minimum atomic E-state index is 1.15. The number of fused-ring (bicyclic) bond motifs is 6. The van der Waals surface area contributed by atoms with Crippen molar-refractivity contribution in [3.05, 3.63) is 212 Å². The number of hydrogen-bond donors (Lipinski definition) is 0. The molecule has 0 aliphatic rings. The molecule has 0 unspecified atom stereocenters. The average molecular weight is 730 g/mol. The molecule has 2 heterocycles. The molecule has 56 heavy (non-hydrogen) atoms. The quantitative estimate of drug-likeness (QED) is 0.161. The molecule has 0 aliphatic carbocycles. The normalized spacial score (nSPS) is 11.6. The molecule has 0 saturated carbocycles. The highest BCUT2D eigenvalue weighted by Crippen LogP contribution is 2.43. The molecule has 0 spiro atoms. The summed E-state index contributed by atoms with van der Waals surface area (Å²) in [7, 11) is 0. The van der Waals surface area contributed by atoms with Gasteiger partial charge in [0.25, 0.3) is 0 Å². The van der Waals surface area contributed by atoms with Crippen LogP contribution in [-0.4, -0.2) is 4.57 Å². The zero-order valence-electron chi connectivity index (χ0n) is 30.6. The molecule has 9 aromatic carbocycles. The second-order valence-electron chi connectivity index (χ2n) is 14.5. The van der Waals surface area contributed by atoms with Gasteiger partial charge in [0, 0.05) is 36.6 Å². The van der Waals surface area contributed by atoms with Gasteiger partial charge in [0.2, 0.25) is 0 Å². The van der Waals surface area contributed by atoms with Crippen LogP contribution in [0.5, 0.6) is 0 Å². The molecule has 2 aromatic heterocycles. The number of para-hydroxylation sites is 1. The predicted octanol–water partition coefficient (Wildman–Crippen LogP) is 15.5. The molecule has 11 rings (SSSR count). The third kappa shape index (κ3) is 5.54. The smallest absolute Gasteiger partial charge is 0.0547 e. The monoisotopic (exact) mass is 729 g/mol. The van der Waals surface area contributed by atoms with E-state index >= 15 is 0 Å². The zero-order chi connectivity index (χ0) is 37.0. The van der Waals surface area contributed by atoms with Gasteiger partial charge in [0.1, 0.15) is 0 Å². The summed E-state index contributed by atoms with van der Waals surface area (Å²) in [4.78, 5) is 0. The van der Waals surface area contributed by atoms with Crippen molar-refractivity contribution in [1.82, 2.24) is 4.57 Å². The van der Waals surface area contributed by atoms with Crippen molar-refractivity contribution in [1.29, 1.82) is 0 Å². The van der Waals surface area contributed by atoms with Gasteiger partial charge in [-0.3, -0.25) is 0 Å². The van der Waals surface area contributed by atoms with Crippen LogP contribution in [0, 0.1) is 0 Å². The van der Waals surface area contributed by atoms with Crippen molar-refractivity contribution in [3.8, 4) is 61.3 Å². The molecule has 0 aliphatic heterocycles. The maximum atomic E-state index is 2.43. The highest BCUT2D eigenvalue weighted by molar-refractivity contribution is 7.26. The van der Waals surface area contributed by atoms with Crippen molar-refractivity contribution < 1.29 is 0 Å². The minimum absolute atomic E-state index is 1.15. The number of hydrogen-bond acceptors (Lipinski definition) is 1. The number of rotatable bonds is 6. The summed E-state index contributed by atoms with van der Waals surface area (Å²) < 4.78 is 5.06. The number of thiophene rings is 1. The molecule has 0 saturated heterocycles. The lowest BCUT2D eigenvalue weighted by Crippen LogP contribution is -1.93. The number of benzene rings is 9. The van der Waals surface area contributed by atoms with Crippen LogP contribution in [0.1, 0.15) is 0 Å². The van der Waals surface area contributed by atoms with E-state index in [4.69, 9.17) is 0 Å².